The lowest BCUT2D eigenvalue weighted by atomic mass is 10.1. The molecule has 0 aliphatic rings. The van der Waals surface area contributed by atoms with E-state index in [2.05, 4.69) is 0 Å². The summed E-state index contributed by atoms with van der Waals surface area (Å²) in [5, 5.41) is 9.00. The van der Waals surface area contributed by atoms with E-state index in [-0.39, 0.29) is 17.8 Å². The van der Waals surface area contributed by atoms with E-state index in [1.54, 1.807) is 0 Å². The maximum absolute atomic E-state index is 13.5. The van der Waals surface area contributed by atoms with Gasteiger partial charge in [-0.1, -0.05) is 12.1 Å². The summed E-state index contributed by atoms with van der Waals surface area (Å²) in [5.74, 6) is -0.638. The number of halogens is 4. The number of alkyl halides is 3. The van der Waals surface area contributed by atoms with Crippen molar-refractivity contribution in [3.63, 3.8) is 0 Å². The molecule has 0 aromatic heterocycles. The first kappa shape index (κ1) is 13.8. The van der Waals surface area contributed by atoms with Crippen LogP contribution in [0.15, 0.2) is 18.2 Å². The largest absolute Gasteiger partial charge is 0.392 e. The van der Waals surface area contributed by atoms with E-state index in [0.717, 1.165) is 11.0 Å². The van der Waals surface area contributed by atoms with E-state index in [4.69, 9.17) is 5.11 Å². The number of hydrogen-bond donors (Lipinski definition) is 1. The average molecular weight is 251 g/mol. The molecular weight excluding hydrogens is 238 g/mol. The zero-order valence-corrected chi connectivity index (χ0v) is 9.26. The third-order valence-electron chi connectivity index (χ3n) is 2.35. The molecule has 0 unspecified atom stereocenters. The molecule has 0 saturated carbocycles. The molecule has 0 amide bonds. The molecule has 17 heavy (non-hydrogen) atoms. The third-order valence-corrected chi connectivity index (χ3v) is 2.35. The summed E-state index contributed by atoms with van der Waals surface area (Å²) in [6, 6.07) is 4.03. The van der Waals surface area contributed by atoms with Gasteiger partial charge in [-0.2, -0.15) is 13.2 Å². The van der Waals surface area contributed by atoms with Crippen molar-refractivity contribution in [2.24, 2.45) is 0 Å². The predicted octanol–water partition coefficient (Wildman–Crippen LogP) is 2.71. The van der Waals surface area contributed by atoms with Crippen LogP contribution in [-0.2, 0) is 6.61 Å². The molecule has 6 heteroatoms. The molecule has 0 aliphatic carbocycles. The summed E-state index contributed by atoms with van der Waals surface area (Å²) in [4.78, 5) is 1.16. The minimum Gasteiger partial charge on any atom is -0.392 e. The van der Waals surface area contributed by atoms with E-state index in [1.807, 2.05) is 0 Å². The number of aliphatic hydroxyl groups is 1. The van der Waals surface area contributed by atoms with E-state index < -0.39 is 25.0 Å². The Hall–Kier alpha value is -1.30. The summed E-state index contributed by atoms with van der Waals surface area (Å²) in [6.45, 7) is -0.763. The lowest BCUT2D eigenvalue weighted by molar-refractivity contribution is -0.132. The van der Waals surface area contributed by atoms with Crippen LogP contribution >= 0.6 is 0 Å². The van der Waals surface area contributed by atoms with Crippen LogP contribution in [0.4, 0.5) is 23.2 Å². The molecule has 0 radical (unpaired) electrons. The first-order chi connectivity index (χ1) is 7.85. The maximum atomic E-state index is 13.5. The number of hydrogen-bond acceptors (Lipinski definition) is 2. The Morgan fingerprint density at radius 2 is 1.94 bits per heavy atom. The smallest absolute Gasteiger partial charge is 0.390 e. The van der Waals surface area contributed by atoms with Crippen molar-refractivity contribution in [2.75, 3.05) is 18.5 Å². The lowest BCUT2D eigenvalue weighted by Gasteiger charge is -2.23. The lowest BCUT2D eigenvalue weighted by Crippen LogP contribution is -2.25. The van der Waals surface area contributed by atoms with Gasteiger partial charge in [-0.15, -0.1) is 0 Å². The Morgan fingerprint density at radius 3 is 2.47 bits per heavy atom. The van der Waals surface area contributed by atoms with Gasteiger partial charge in [-0.3, -0.25) is 0 Å². The molecule has 2 nitrogen and oxygen atoms in total. The van der Waals surface area contributed by atoms with Crippen molar-refractivity contribution in [3.8, 4) is 0 Å². The molecule has 0 spiro atoms. The summed E-state index contributed by atoms with van der Waals surface area (Å²) in [7, 11) is 1.36. The molecule has 1 aromatic carbocycles. The van der Waals surface area contributed by atoms with Gasteiger partial charge >= 0.3 is 6.18 Å². The molecule has 1 N–H and O–H groups in total. The molecule has 96 valence electrons. The number of para-hydroxylation sites is 1. The number of aliphatic hydroxyl groups excluding tert-OH is 1. The fourth-order valence-electron chi connectivity index (χ4n) is 1.52. The van der Waals surface area contributed by atoms with E-state index in [0.29, 0.717) is 0 Å². The second-order valence-electron chi connectivity index (χ2n) is 3.69. The zero-order chi connectivity index (χ0) is 13.1. The molecule has 1 rings (SSSR count). The molecule has 0 fully saturated rings. The number of rotatable bonds is 4. The molecule has 0 saturated heterocycles. The fraction of sp³-hybridized carbons (Fsp3) is 0.455. The molecule has 0 aliphatic heterocycles. The van der Waals surface area contributed by atoms with Crippen molar-refractivity contribution in [1.82, 2.24) is 0 Å². The van der Waals surface area contributed by atoms with Gasteiger partial charge in [0.25, 0.3) is 0 Å². The van der Waals surface area contributed by atoms with E-state index in [9.17, 15) is 17.6 Å². The highest BCUT2D eigenvalue weighted by atomic mass is 19.4. The second kappa shape index (κ2) is 5.35. The normalized spacial score (nSPS) is 11.6. The molecule has 0 bridgehead atoms. The van der Waals surface area contributed by atoms with Gasteiger partial charge in [0.1, 0.15) is 5.82 Å². The third kappa shape index (κ3) is 3.89. The van der Waals surface area contributed by atoms with Crippen LogP contribution in [-0.4, -0.2) is 24.9 Å². The standard InChI is InChI=1S/C11H13F4NO/c1-16(6-5-11(13,14)15)10-8(7-17)3-2-4-9(10)12/h2-4,17H,5-7H2,1H3. The van der Waals surface area contributed by atoms with E-state index in [1.165, 1.54) is 19.2 Å². The van der Waals surface area contributed by atoms with Crippen LogP contribution in [0.1, 0.15) is 12.0 Å². The van der Waals surface area contributed by atoms with Crippen LogP contribution in [0.25, 0.3) is 0 Å². The number of benzene rings is 1. The minimum absolute atomic E-state index is 0.0132. The average Bonchev–Trinajstić information content (AvgIpc) is 2.24. The van der Waals surface area contributed by atoms with Crippen molar-refractivity contribution in [3.05, 3.63) is 29.6 Å². The Morgan fingerprint density at radius 1 is 1.29 bits per heavy atom. The van der Waals surface area contributed by atoms with Crippen molar-refractivity contribution >= 4 is 5.69 Å². The van der Waals surface area contributed by atoms with Gasteiger partial charge < -0.3 is 10.0 Å². The first-order valence-electron chi connectivity index (χ1n) is 5.01. The van der Waals surface area contributed by atoms with Crippen molar-refractivity contribution in [1.29, 1.82) is 0 Å². The number of nitrogens with zero attached hydrogens (tertiary/aromatic N) is 1. The summed E-state index contributed by atoms with van der Waals surface area (Å²) < 4.78 is 49.6. The fourth-order valence-corrected chi connectivity index (χ4v) is 1.52. The molecular formula is C11H13F4NO. The van der Waals surface area contributed by atoms with Crippen LogP contribution in [0.2, 0.25) is 0 Å². The SMILES string of the molecule is CN(CCC(F)(F)F)c1c(F)cccc1CO. The Labute approximate surface area is 96.5 Å². The van der Waals surface area contributed by atoms with Gasteiger partial charge in [0, 0.05) is 19.2 Å². The van der Waals surface area contributed by atoms with Gasteiger partial charge in [-0.05, 0) is 6.07 Å². The molecule has 1 aromatic rings. The van der Waals surface area contributed by atoms with Crippen LogP contribution in [0.5, 0.6) is 0 Å². The quantitative estimate of drug-likeness (QED) is 0.832. The van der Waals surface area contributed by atoms with Crippen LogP contribution in [0.3, 0.4) is 0 Å². The van der Waals surface area contributed by atoms with Crippen LogP contribution in [0, 0.1) is 5.82 Å². The highest BCUT2D eigenvalue weighted by molar-refractivity contribution is 5.54. The monoisotopic (exact) mass is 251 g/mol. The summed E-state index contributed by atoms with van der Waals surface area (Å²) >= 11 is 0. The van der Waals surface area contributed by atoms with Crippen LogP contribution < -0.4 is 4.90 Å². The van der Waals surface area contributed by atoms with Gasteiger partial charge in [0.2, 0.25) is 0 Å². The highest BCUT2D eigenvalue weighted by Crippen LogP contribution is 2.26. The molecule has 0 heterocycles. The predicted molar refractivity (Wildman–Crippen MR) is 56.3 cm³/mol. The van der Waals surface area contributed by atoms with Crippen molar-refractivity contribution in [2.45, 2.75) is 19.2 Å². The molecule has 0 atom stereocenters. The Balaban J connectivity index is 2.84. The Bertz CT molecular complexity index is 378. The summed E-state index contributed by atoms with van der Waals surface area (Å²) in [5.41, 5.74) is 0.286. The topological polar surface area (TPSA) is 23.5 Å². The Kier molecular flexibility index (Phi) is 4.34. The zero-order valence-electron chi connectivity index (χ0n) is 9.26. The maximum Gasteiger partial charge on any atom is 0.390 e. The minimum atomic E-state index is -4.28. The summed E-state index contributed by atoms with van der Waals surface area (Å²) in [6.07, 6.45) is -5.30. The van der Waals surface area contributed by atoms with Crippen molar-refractivity contribution < 1.29 is 22.7 Å². The first-order valence-corrected chi connectivity index (χ1v) is 5.01. The van der Waals surface area contributed by atoms with Gasteiger partial charge in [-0.25, -0.2) is 4.39 Å². The number of anilines is 1. The van der Waals surface area contributed by atoms with Gasteiger partial charge in [0.15, 0.2) is 0 Å². The van der Waals surface area contributed by atoms with E-state index >= 15 is 0 Å². The second-order valence-corrected chi connectivity index (χ2v) is 3.69. The van der Waals surface area contributed by atoms with Gasteiger partial charge in [0.05, 0.1) is 18.7 Å². The highest BCUT2D eigenvalue weighted by Gasteiger charge is 2.27.